The van der Waals surface area contributed by atoms with Crippen molar-refractivity contribution in [3.05, 3.63) is 153 Å². The van der Waals surface area contributed by atoms with Gasteiger partial charge in [0, 0.05) is 91.4 Å². The molecular weight excluding hydrogens is 798 g/mol. The number of ether oxygens (including phenoxy) is 1. The minimum Gasteiger partial charge on any atom is -0.379 e. The Morgan fingerprint density at radius 2 is 1.53 bits per heavy atom. The predicted octanol–water partition coefficient (Wildman–Crippen LogP) is 7.49. The van der Waals surface area contributed by atoms with E-state index in [1.54, 1.807) is 36.0 Å². The van der Waals surface area contributed by atoms with Gasteiger partial charge in [-0.2, -0.15) is 0 Å². The molecule has 5 aromatic carbocycles. The average molecular weight is 848 g/mol. The van der Waals surface area contributed by atoms with Crippen molar-refractivity contribution >= 4 is 52.2 Å². The van der Waals surface area contributed by atoms with Gasteiger partial charge in [-0.3, -0.25) is 29.5 Å². The number of halogens is 1. The Balaban J connectivity index is 0.975. The molecule has 2 saturated heterocycles. The number of anilines is 2. The normalized spacial score (nSPS) is 15.8. The third-order valence-electron chi connectivity index (χ3n) is 11.0. The lowest BCUT2D eigenvalue weighted by Crippen LogP contribution is -2.46. The molecule has 0 aliphatic carbocycles. The van der Waals surface area contributed by atoms with Gasteiger partial charge in [0.15, 0.2) is 0 Å². The number of amides is 2. The Labute approximate surface area is 360 Å². The summed E-state index contributed by atoms with van der Waals surface area (Å²) in [7, 11) is 0. The number of nitro benzene ring substituents is 1. The second-order valence-electron chi connectivity index (χ2n) is 15.0. The summed E-state index contributed by atoms with van der Waals surface area (Å²) < 4.78 is 5.50. The monoisotopic (exact) mass is 847 g/mol. The topological polar surface area (TPSA) is 146 Å². The van der Waals surface area contributed by atoms with Crippen LogP contribution >= 0.6 is 23.4 Å². The number of hydrogen-bond donors (Lipinski definition) is 3. The van der Waals surface area contributed by atoms with Crippen LogP contribution in [0.1, 0.15) is 33.9 Å². The van der Waals surface area contributed by atoms with Crippen molar-refractivity contribution in [1.29, 1.82) is 0 Å². The first kappa shape index (κ1) is 42.7. The van der Waals surface area contributed by atoms with Gasteiger partial charge in [-0.25, -0.2) is 0 Å². The molecule has 0 radical (unpaired) electrons. The third-order valence-corrected chi connectivity index (χ3v) is 12.4. The Hall–Kier alpha value is -5.44. The number of primary amides is 1. The number of nitrogens with zero attached hydrogens (tertiary/aromatic N) is 4. The summed E-state index contributed by atoms with van der Waals surface area (Å²) in [5, 5.41) is 19.3. The van der Waals surface area contributed by atoms with E-state index < -0.39 is 22.8 Å². The van der Waals surface area contributed by atoms with Gasteiger partial charge < -0.3 is 26.0 Å². The number of benzene rings is 5. The van der Waals surface area contributed by atoms with E-state index in [-0.39, 0.29) is 17.3 Å². The number of nitrogens with one attached hydrogen (secondary N) is 2. The lowest BCUT2D eigenvalue weighted by Gasteiger charge is -2.36. The number of nitro groups is 1. The molecule has 2 aliphatic heterocycles. The van der Waals surface area contributed by atoms with E-state index >= 15 is 0 Å². The van der Waals surface area contributed by atoms with Crippen LogP contribution < -0.4 is 21.3 Å². The quantitative estimate of drug-likeness (QED) is 0.0489. The number of rotatable bonds is 17. The van der Waals surface area contributed by atoms with E-state index in [2.05, 4.69) is 49.6 Å². The van der Waals surface area contributed by atoms with Crippen molar-refractivity contribution in [2.24, 2.45) is 5.73 Å². The van der Waals surface area contributed by atoms with Crippen molar-refractivity contribution in [3.8, 4) is 11.1 Å². The minimum atomic E-state index is -1.29. The summed E-state index contributed by atoms with van der Waals surface area (Å²) in [5.74, 6) is -0.664. The van der Waals surface area contributed by atoms with Crippen LogP contribution in [-0.4, -0.2) is 97.4 Å². The standard InChI is InChI=1S/C46H50ClN7O5S/c47-37-14-17-41(33-7-3-1-4-8-33)36(29-37)31-52-21-23-53(24-22-52)39-15-11-34(12-16-39)46(56)50-44(45(48)55)35-13-18-42(43(30-35)54(57)58)49-38(19-20-51-25-27-59-28-26-51)32-60-40-9-5-2-6-10-40/h1-18,29-30,38,44,49H,19-28,31-32H2,(H2,48,55)(H,50,56)/t38-,44?/m1/s1. The molecule has 2 aliphatic rings. The molecule has 0 bridgehead atoms. The molecule has 7 rings (SSSR count). The van der Waals surface area contributed by atoms with Gasteiger partial charge in [0.25, 0.3) is 11.6 Å². The average Bonchev–Trinajstić information content (AvgIpc) is 3.28. The molecule has 2 atom stereocenters. The van der Waals surface area contributed by atoms with Crippen LogP contribution in [0, 0.1) is 10.1 Å². The molecule has 0 spiro atoms. The van der Waals surface area contributed by atoms with Gasteiger partial charge in [0.2, 0.25) is 5.91 Å². The second kappa shape index (κ2) is 20.7. The molecule has 1 unspecified atom stereocenters. The van der Waals surface area contributed by atoms with Crippen LogP contribution in [0.25, 0.3) is 11.1 Å². The van der Waals surface area contributed by atoms with E-state index in [1.807, 2.05) is 66.7 Å². The molecule has 5 aromatic rings. The maximum absolute atomic E-state index is 13.5. The first-order valence-corrected chi connectivity index (χ1v) is 21.6. The number of morpholine rings is 1. The van der Waals surface area contributed by atoms with Gasteiger partial charge in [-0.05, 0) is 83.3 Å². The summed E-state index contributed by atoms with van der Waals surface area (Å²) >= 11 is 8.10. The van der Waals surface area contributed by atoms with Crippen LogP contribution in [0.4, 0.5) is 17.1 Å². The maximum Gasteiger partial charge on any atom is 0.292 e. The Bertz CT molecular complexity index is 2220. The summed E-state index contributed by atoms with van der Waals surface area (Å²) in [6, 6.07) is 36.8. The SMILES string of the molecule is NC(=O)C(NC(=O)c1ccc(N2CCN(Cc3cc(Cl)ccc3-c3ccccc3)CC2)cc1)c1ccc(N[C@H](CCN2CCOCC2)CSc2ccccc2)c([N+](=O)[O-])c1. The van der Waals surface area contributed by atoms with Crippen LogP contribution in [0.3, 0.4) is 0 Å². The molecule has 60 heavy (non-hydrogen) atoms. The third kappa shape index (κ3) is 11.4. The molecule has 4 N–H and O–H groups in total. The summed E-state index contributed by atoms with van der Waals surface area (Å²) in [5.41, 5.74) is 11.0. The van der Waals surface area contributed by atoms with Crippen LogP contribution in [-0.2, 0) is 16.1 Å². The van der Waals surface area contributed by atoms with Crippen molar-refractivity contribution in [2.75, 3.05) is 75.0 Å². The zero-order valence-electron chi connectivity index (χ0n) is 33.4. The van der Waals surface area contributed by atoms with Gasteiger partial charge in [0.1, 0.15) is 11.7 Å². The smallest absolute Gasteiger partial charge is 0.292 e. The molecular formula is C46H50ClN7O5S. The highest BCUT2D eigenvalue weighted by Gasteiger charge is 2.27. The first-order valence-electron chi connectivity index (χ1n) is 20.2. The number of hydrogen-bond acceptors (Lipinski definition) is 10. The molecule has 14 heteroatoms. The first-order chi connectivity index (χ1) is 29.2. The summed E-state index contributed by atoms with van der Waals surface area (Å²) in [4.78, 5) is 46.4. The zero-order chi connectivity index (χ0) is 41.8. The van der Waals surface area contributed by atoms with E-state index in [0.717, 1.165) is 79.9 Å². The Morgan fingerprint density at radius 1 is 0.833 bits per heavy atom. The van der Waals surface area contributed by atoms with Crippen molar-refractivity contribution in [3.63, 3.8) is 0 Å². The predicted molar refractivity (Wildman–Crippen MR) is 240 cm³/mol. The second-order valence-corrected chi connectivity index (χ2v) is 16.6. The minimum absolute atomic E-state index is 0.0943. The van der Waals surface area contributed by atoms with Gasteiger partial charge in [-0.1, -0.05) is 72.3 Å². The fraction of sp³-hybridized carbons (Fsp3) is 0.304. The lowest BCUT2D eigenvalue weighted by atomic mass is 9.99. The molecule has 312 valence electrons. The fourth-order valence-electron chi connectivity index (χ4n) is 7.65. The van der Waals surface area contributed by atoms with Gasteiger partial charge in [0.05, 0.1) is 18.1 Å². The van der Waals surface area contributed by atoms with Crippen molar-refractivity contribution in [1.82, 2.24) is 15.1 Å². The highest BCUT2D eigenvalue weighted by Crippen LogP contribution is 2.32. The number of carbonyl (C=O) groups excluding carboxylic acids is 2. The molecule has 12 nitrogen and oxygen atoms in total. The van der Waals surface area contributed by atoms with Crippen LogP contribution in [0.5, 0.6) is 0 Å². The fourth-order valence-corrected chi connectivity index (χ4v) is 8.84. The number of piperazine rings is 1. The van der Waals surface area contributed by atoms with Crippen LogP contribution in [0.2, 0.25) is 5.02 Å². The summed E-state index contributed by atoms with van der Waals surface area (Å²) in [6.45, 7) is 7.98. The van der Waals surface area contributed by atoms with Crippen molar-refractivity contribution < 1.29 is 19.2 Å². The van der Waals surface area contributed by atoms with E-state index in [0.29, 0.717) is 30.2 Å². The van der Waals surface area contributed by atoms with E-state index in [1.165, 1.54) is 17.2 Å². The largest absolute Gasteiger partial charge is 0.379 e. The Morgan fingerprint density at radius 3 is 2.22 bits per heavy atom. The highest BCUT2D eigenvalue weighted by atomic mass is 35.5. The molecule has 0 aromatic heterocycles. The maximum atomic E-state index is 13.5. The Kier molecular flexibility index (Phi) is 14.7. The van der Waals surface area contributed by atoms with Gasteiger partial charge >= 0.3 is 0 Å². The highest BCUT2D eigenvalue weighted by molar-refractivity contribution is 7.99. The number of carbonyl (C=O) groups is 2. The molecule has 2 amide bonds. The zero-order valence-corrected chi connectivity index (χ0v) is 35.0. The van der Waals surface area contributed by atoms with Crippen molar-refractivity contribution in [2.45, 2.75) is 29.9 Å². The van der Waals surface area contributed by atoms with Crippen LogP contribution in [0.15, 0.2) is 126 Å². The summed E-state index contributed by atoms with van der Waals surface area (Å²) in [6.07, 6.45) is 0.758. The van der Waals surface area contributed by atoms with E-state index in [4.69, 9.17) is 22.1 Å². The molecule has 0 saturated carbocycles. The van der Waals surface area contributed by atoms with E-state index in [9.17, 15) is 19.7 Å². The lowest BCUT2D eigenvalue weighted by molar-refractivity contribution is -0.384. The van der Waals surface area contributed by atoms with Gasteiger partial charge in [-0.15, -0.1) is 11.8 Å². The molecule has 2 heterocycles. The number of thioether (sulfide) groups is 1. The molecule has 2 fully saturated rings. The number of nitrogens with two attached hydrogens (primary N) is 1.